The first-order valence-electron chi connectivity index (χ1n) is 5.28. The number of nitrogens with zero attached hydrogens (tertiary/aromatic N) is 2. The second-order valence-electron chi connectivity index (χ2n) is 3.70. The highest BCUT2D eigenvalue weighted by Crippen LogP contribution is 2.31. The first kappa shape index (κ1) is 13.7. The largest absolute Gasteiger partial charge is 0.264 e. The molecule has 0 spiro atoms. The molecular weight excluding hydrogens is 331 g/mol. The highest BCUT2D eigenvalue weighted by molar-refractivity contribution is 9.10. The van der Waals surface area contributed by atoms with Gasteiger partial charge in [0.25, 0.3) is 0 Å². The molecule has 1 aromatic heterocycles. The van der Waals surface area contributed by atoms with Gasteiger partial charge in [-0.1, -0.05) is 33.6 Å². The lowest BCUT2D eigenvalue weighted by Gasteiger charge is -2.05. The van der Waals surface area contributed by atoms with E-state index in [-0.39, 0.29) is 10.6 Å². The van der Waals surface area contributed by atoms with Gasteiger partial charge < -0.3 is 0 Å². The summed E-state index contributed by atoms with van der Waals surface area (Å²) < 4.78 is 13.9. The number of benzene rings is 1. The van der Waals surface area contributed by atoms with Crippen molar-refractivity contribution >= 4 is 38.1 Å². The molecule has 0 N–H and O–H groups in total. The van der Waals surface area contributed by atoms with Crippen molar-refractivity contribution in [1.29, 1.82) is 5.26 Å². The van der Waals surface area contributed by atoms with Crippen molar-refractivity contribution < 1.29 is 4.39 Å². The van der Waals surface area contributed by atoms with Gasteiger partial charge in [-0.2, -0.15) is 5.26 Å². The van der Waals surface area contributed by atoms with Gasteiger partial charge in [0.2, 0.25) is 0 Å². The summed E-state index contributed by atoms with van der Waals surface area (Å²) in [4.78, 5) is 3.94. The van der Waals surface area contributed by atoms with Crippen molar-refractivity contribution in [3.63, 3.8) is 0 Å². The molecule has 94 valence electrons. The third-order valence-electron chi connectivity index (χ3n) is 2.40. The summed E-state index contributed by atoms with van der Waals surface area (Å²) in [5, 5.41) is 9.41. The molecule has 0 saturated carbocycles. The van der Waals surface area contributed by atoms with Crippen molar-refractivity contribution in [3.8, 4) is 6.07 Å². The van der Waals surface area contributed by atoms with E-state index in [1.165, 1.54) is 18.3 Å². The van der Waals surface area contributed by atoms with Crippen LogP contribution in [0.1, 0.15) is 11.1 Å². The van der Waals surface area contributed by atoms with Crippen LogP contribution < -0.4 is 0 Å². The summed E-state index contributed by atoms with van der Waals surface area (Å²) in [6.07, 6.45) is 3.14. The summed E-state index contributed by atoms with van der Waals surface area (Å²) in [7, 11) is 0. The maximum Gasteiger partial charge on any atom is 0.124 e. The van der Waals surface area contributed by atoms with Crippen molar-refractivity contribution in [3.05, 3.63) is 64.1 Å². The Bertz CT molecular complexity index is 657. The van der Waals surface area contributed by atoms with Crippen LogP contribution >= 0.6 is 27.5 Å². The molecule has 0 fully saturated rings. The SMILES string of the molecule is N#C/C(=C(\Cl)c1cc(F)cc(Br)c1)c1cccnc1. The highest BCUT2D eigenvalue weighted by Gasteiger charge is 2.11. The van der Waals surface area contributed by atoms with Gasteiger partial charge >= 0.3 is 0 Å². The first-order chi connectivity index (χ1) is 9.11. The topological polar surface area (TPSA) is 36.7 Å². The van der Waals surface area contributed by atoms with Gasteiger partial charge in [0, 0.05) is 22.4 Å². The van der Waals surface area contributed by atoms with Crippen LogP contribution in [0.5, 0.6) is 0 Å². The van der Waals surface area contributed by atoms with Crippen LogP contribution in [0.3, 0.4) is 0 Å². The number of allylic oxidation sites excluding steroid dienone is 1. The number of rotatable bonds is 2. The van der Waals surface area contributed by atoms with Crippen LogP contribution in [0.15, 0.2) is 47.2 Å². The molecule has 0 aliphatic rings. The van der Waals surface area contributed by atoms with E-state index >= 15 is 0 Å². The van der Waals surface area contributed by atoms with Crippen molar-refractivity contribution in [2.45, 2.75) is 0 Å². The van der Waals surface area contributed by atoms with E-state index in [0.717, 1.165) is 0 Å². The van der Waals surface area contributed by atoms with E-state index in [1.807, 2.05) is 6.07 Å². The number of aromatic nitrogens is 1. The average Bonchev–Trinajstić information content (AvgIpc) is 2.39. The molecule has 0 bridgehead atoms. The minimum absolute atomic E-state index is 0.190. The van der Waals surface area contributed by atoms with Gasteiger partial charge in [0.15, 0.2) is 0 Å². The van der Waals surface area contributed by atoms with Gasteiger partial charge in [-0.05, 0) is 29.8 Å². The quantitative estimate of drug-likeness (QED) is 0.750. The molecule has 0 unspecified atom stereocenters. The molecule has 0 radical (unpaired) electrons. The fourth-order valence-electron chi connectivity index (χ4n) is 1.58. The zero-order valence-electron chi connectivity index (χ0n) is 9.57. The summed E-state index contributed by atoms with van der Waals surface area (Å²) in [5.41, 5.74) is 1.29. The van der Waals surface area contributed by atoms with E-state index < -0.39 is 5.82 Å². The lowest BCUT2D eigenvalue weighted by atomic mass is 10.1. The van der Waals surface area contributed by atoms with Crippen molar-refractivity contribution in [2.75, 3.05) is 0 Å². The Morgan fingerprint density at radius 1 is 1.32 bits per heavy atom. The normalized spacial score (nSPS) is 11.7. The number of nitriles is 1. The van der Waals surface area contributed by atoms with Crippen LogP contribution in [-0.2, 0) is 0 Å². The number of pyridine rings is 1. The Morgan fingerprint density at radius 2 is 2.11 bits per heavy atom. The van der Waals surface area contributed by atoms with Crippen LogP contribution in [-0.4, -0.2) is 4.98 Å². The first-order valence-corrected chi connectivity index (χ1v) is 6.45. The number of hydrogen-bond donors (Lipinski definition) is 0. The van der Waals surface area contributed by atoms with E-state index in [0.29, 0.717) is 15.6 Å². The fraction of sp³-hybridized carbons (Fsp3) is 0. The maximum absolute atomic E-state index is 13.4. The molecule has 0 atom stereocenters. The van der Waals surface area contributed by atoms with Gasteiger partial charge in [-0.3, -0.25) is 4.98 Å². The summed E-state index contributed by atoms with van der Waals surface area (Å²) >= 11 is 9.38. The van der Waals surface area contributed by atoms with Gasteiger partial charge in [0.05, 0.1) is 10.6 Å². The van der Waals surface area contributed by atoms with E-state index in [2.05, 4.69) is 20.9 Å². The third kappa shape index (κ3) is 3.19. The van der Waals surface area contributed by atoms with Crippen LogP contribution in [0.25, 0.3) is 10.6 Å². The Balaban J connectivity index is 2.59. The van der Waals surface area contributed by atoms with Crippen LogP contribution in [0.2, 0.25) is 0 Å². The van der Waals surface area contributed by atoms with Gasteiger partial charge in [0.1, 0.15) is 11.9 Å². The van der Waals surface area contributed by atoms with Crippen molar-refractivity contribution in [2.24, 2.45) is 0 Å². The van der Waals surface area contributed by atoms with E-state index in [1.54, 1.807) is 24.4 Å². The molecule has 0 aliphatic heterocycles. The number of hydrogen-bond acceptors (Lipinski definition) is 2. The molecule has 1 aromatic carbocycles. The molecule has 1 heterocycles. The molecule has 19 heavy (non-hydrogen) atoms. The Hall–Kier alpha value is -1.70. The smallest absolute Gasteiger partial charge is 0.124 e. The van der Waals surface area contributed by atoms with Crippen molar-refractivity contribution in [1.82, 2.24) is 4.98 Å². The monoisotopic (exact) mass is 336 g/mol. The summed E-state index contributed by atoms with van der Waals surface area (Å²) in [5.74, 6) is -0.425. The lowest BCUT2D eigenvalue weighted by Crippen LogP contribution is -1.88. The van der Waals surface area contributed by atoms with Gasteiger partial charge in [-0.25, -0.2) is 4.39 Å². The molecule has 2 aromatic rings. The lowest BCUT2D eigenvalue weighted by molar-refractivity contribution is 0.626. The zero-order valence-corrected chi connectivity index (χ0v) is 11.9. The molecule has 0 saturated heterocycles. The molecule has 0 aliphatic carbocycles. The second kappa shape index (κ2) is 5.96. The Morgan fingerprint density at radius 3 is 2.68 bits per heavy atom. The predicted molar refractivity (Wildman–Crippen MR) is 76.6 cm³/mol. The minimum atomic E-state index is -0.425. The Labute approximate surface area is 123 Å². The van der Waals surface area contributed by atoms with Crippen LogP contribution in [0, 0.1) is 17.1 Å². The standard InChI is InChI=1S/C14H7BrClFN2/c15-11-4-10(5-12(17)6-11)14(16)13(7-18)9-2-1-3-19-8-9/h1-6,8H/b14-13+. The maximum atomic E-state index is 13.4. The zero-order chi connectivity index (χ0) is 13.8. The molecule has 0 amide bonds. The molecule has 2 rings (SSSR count). The molecular formula is C14H7BrClFN2. The predicted octanol–water partition coefficient (Wildman–Crippen LogP) is 4.61. The third-order valence-corrected chi connectivity index (χ3v) is 3.26. The highest BCUT2D eigenvalue weighted by atomic mass is 79.9. The minimum Gasteiger partial charge on any atom is -0.264 e. The Kier molecular flexibility index (Phi) is 4.31. The van der Waals surface area contributed by atoms with Crippen LogP contribution in [0.4, 0.5) is 4.39 Å². The van der Waals surface area contributed by atoms with Gasteiger partial charge in [-0.15, -0.1) is 0 Å². The number of halogens is 3. The van der Waals surface area contributed by atoms with E-state index in [4.69, 9.17) is 11.6 Å². The second-order valence-corrected chi connectivity index (χ2v) is 4.99. The summed E-state index contributed by atoms with van der Waals surface area (Å²) in [6.45, 7) is 0. The fourth-order valence-corrected chi connectivity index (χ4v) is 2.30. The molecule has 2 nitrogen and oxygen atoms in total. The average molecular weight is 338 g/mol. The molecule has 5 heteroatoms. The summed E-state index contributed by atoms with van der Waals surface area (Å²) in [6, 6.07) is 9.71. The van der Waals surface area contributed by atoms with E-state index in [9.17, 15) is 9.65 Å².